The van der Waals surface area contributed by atoms with Crippen LogP contribution in [-0.4, -0.2) is 18.9 Å². The van der Waals surface area contributed by atoms with E-state index in [0.29, 0.717) is 17.7 Å². The molecule has 0 saturated heterocycles. The van der Waals surface area contributed by atoms with E-state index in [0.717, 1.165) is 23.4 Å². The van der Waals surface area contributed by atoms with Gasteiger partial charge < -0.3 is 10.5 Å². The number of carbonyl (C=O) groups excluding carboxylic acids is 1. The first-order valence-corrected chi connectivity index (χ1v) is 7.64. The van der Waals surface area contributed by atoms with Crippen molar-refractivity contribution in [3.05, 3.63) is 64.7 Å². The first kappa shape index (κ1) is 16.5. The number of hydrogen-bond acceptors (Lipinski definition) is 3. The second-order valence-corrected chi connectivity index (χ2v) is 5.66. The lowest BCUT2D eigenvalue weighted by atomic mass is 9.99. The lowest BCUT2D eigenvalue weighted by Gasteiger charge is -2.12. The van der Waals surface area contributed by atoms with Crippen molar-refractivity contribution in [2.75, 3.05) is 7.11 Å². The van der Waals surface area contributed by atoms with Crippen LogP contribution in [0, 0.1) is 0 Å². The monoisotopic (exact) mass is 317 g/mol. The predicted octanol–water partition coefficient (Wildman–Crippen LogP) is 3.88. The van der Waals surface area contributed by atoms with E-state index in [2.05, 4.69) is 0 Å². The van der Waals surface area contributed by atoms with Gasteiger partial charge in [-0.05, 0) is 36.6 Å². The Morgan fingerprint density at radius 1 is 1.23 bits per heavy atom. The van der Waals surface area contributed by atoms with Crippen LogP contribution in [0.3, 0.4) is 0 Å². The van der Waals surface area contributed by atoms with Gasteiger partial charge in [-0.25, -0.2) is 0 Å². The quantitative estimate of drug-likeness (QED) is 0.788. The molecule has 0 aliphatic rings. The summed E-state index contributed by atoms with van der Waals surface area (Å²) in [5, 5.41) is 0.744. The predicted molar refractivity (Wildman–Crippen MR) is 89.7 cm³/mol. The maximum absolute atomic E-state index is 12.2. The van der Waals surface area contributed by atoms with E-state index >= 15 is 0 Å². The third-order valence-electron chi connectivity index (χ3n) is 3.58. The van der Waals surface area contributed by atoms with Crippen LogP contribution in [0.25, 0.3) is 0 Å². The molecule has 1 unspecified atom stereocenters. The Hall–Kier alpha value is -1.84. The molecule has 1 atom stereocenters. The number of halogens is 1. The third-order valence-corrected chi connectivity index (χ3v) is 3.95. The van der Waals surface area contributed by atoms with Crippen molar-refractivity contribution in [2.45, 2.75) is 25.3 Å². The van der Waals surface area contributed by atoms with E-state index in [1.807, 2.05) is 30.3 Å². The van der Waals surface area contributed by atoms with Crippen LogP contribution in [0.4, 0.5) is 0 Å². The molecule has 3 nitrogen and oxygen atoms in total. The molecule has 0 spiro atoms. The molecule has 0 bridgehead atoms. The normalized spacial score (nSPS) is 12.0. The molecule has 0 radical (unpaired) electrons. The number of benzene rings is 2. The van der Waals surface area contributed by atoms with Gasteiger partial charge in [0.2, 0.25) is 0 Å². The molecule has 22 heavy (non-hydrogen) atoms. The fraction of sp³-hybridized carbons (Fsp3) is 0.278. The number of Topliss-reactive ketones (excluding diaryl/α,β-unsaturated/α-hetero) is 1. The van der Waals surface area contributed by atoms with Crippen LogP contribution in [-0.2, 0) is 6.42 Å². The zero-order chi connectivity index (χ0) is 15.9. The smallest absolute Gasteiger partial charge is 0.164 e. The molecular formula is C18H20ClNO2. The van der Waals surface area contributed by atoms with Gasteiger partial charge in [0, 0.05) is 23.0 Å². The highest BCUT2D eigenvalue weighted by Crippen LogP contribution is 2.19. The van der Waals surface area contributed by atoms with E-state index in [-0.39, 0.29) is 11.8 Å². The Kier molecular flexibility index (Phi) is 5.99. The zero-order valence-electron chi connectivity index (χ0n) is 12.6. The number of rotatable bonds is 7. The Morgan fingerprint density at radius 2 is 2.00 bits per heavy atom. The summed E-state index contributed by atoms with van der Waals surface area (Å²) in [6.45, 7) is 0. The molecule has 2 N–H and O–H groups in total. The Bertz CT molecular complexity index is 642. The van der Waals surface area contributed by atoms with Gasteiger partial charge in [0.15, 0.2) is 5.78 Å². The summed E-state index contributed by atoms with van der Waals surface area (Å²) in [4.78, 5) is 12.2. The van der Waals surface area contributed by atoms with Crippen LogP contribution in [0.15, 0.2) is 48.5 Å². The Morgan fingerprint density at radius 3 is 2.73 bits per heavy atom. The highest BCUT2D eigenvalue weighted by atomic mass is 35.5. The molecule has 0 aliphatic carbocycles. The summed E-state index contributed by atoms with van der Waals surface area (Å²) in [7, 11) is 1.58. The van der Waals surface area contributed by atoms with Crippen molar-refractivity contribution in [1.29, 1.82) is 0 Å². The number of ether oxygens (including phenoxy) is 1. The average Bonchev–Trinajstić information content (AvgIpc) is 2.54. The lowest BCUT2D eigenvalue weighted by Crippen LogP contribution is -2.24. The summed E-state index contributed by atoms with van der Waals surface area (Å²) >= 11 is 6.12. The van der Waals surface area contributed by atoms with Gasteiger partial charge in [0.05, 0.1) is 7.11 Å². The molecule has 0 fully saturated rings. The fourth-order valence-corrected chi connectivity index (χ4v) is 2.53. The number of carbonyl (C=O) groups is 1. The zero-order valence-corrected chi connectivity index (χ0v) is 13.3. The van der Waals surface area contributed by atoms with Crippen molar-refractivity contribution in [3.63, 3.8) is 0 Å². The minimum atomic E-state index is -0.185. The first-order chi connectivity index (χ1) is 10.6. The molecule has 0 aromatic heterocycles. The fourth-order valence-electron chi connectivity index (χ4n) is 2.30. The highest BCUT2D eigenvalue weighted by Gasteiger charge is 2.13. The molecule has 2 aromatic carbocycles. The van der Waals surface area contributed by atoms with Gasteiger partial charge in [-0.3, -0.25) is 4.79 Å². The number of nitrogens with two attached hydrogens (primary N) is 1. The van der Waals surface area contributed by atoms with Gasteiger partial charge in [-0.1, -0.05) is 41.9 Å². The van der Waals surface area contributed by atoms with Gasteiger partial charge in [0.25, 0.3) is 0 Å². The molecule has 4 heteroatoms. The van der Waals surface area contributed by atoms with E-state index in [1.54, 1.807) is 25.3 Å². The number of ketones is 1. The van der Waals surface area contributed by atoms with E-state index in [4.69, 9.17) is 22.1 Å². The number of hydrogen-bond donors (Lipinski definition) is 1. The summed E-state index contributed by atoms with van der Waals surface area (Å²) in [6.07, 6.45) is 1.81. The van der Waals surface area contributed by atoms with Crippen LogP contribution in [0.5, 0.6) is 5.75 Å². The van der Waals surface area contributed by atoms with Gasteiger partial charge in [-0.15, -0.1) is 0 Å². The summed E-state index contributed by atoms with van der Waals surface area (Å²) in [5.74, 6) is 0.709. The molecule has 2 rings (SSSR count). The van der Waals surface area contributed by atoms with Crippen molar-refractivity contribution in [1.82, 2.24) is 0 Å². The summed E-state index contributed by atoms with van der Waals surface area (Å²) < 4.78 is 5.13. The Labute approximate surface area is 136 Å². The van der Waals surface area contributed by atoms with Gasteiger partial charge >= 0.3 is 0 Å². The van der Waals surface area contributed by atoms with Crippen molar-refractivity contribution in [2.24, 2.45) is 5.73 Å². The highest BCUT2D eigenvalue weighted by molar-refractivity contribution is 6.31. The molecular weight excluding hydrogens is 298 g/mol. The summed E-state index contributed by atoms with van der Waals surface area (Å²) in [6, 6.07) is 14.7. The minimum Gasteiger partial charge on any atom is -0.497 e. The summed E-state index contributed by atoms with van der Waals surface area (Å²) in [5.41, 5.74) is 7.78. The van der Waals surface area contributed by atoms with Crippen LogP contribution >= 0.6 is 11.6 Å². The lowest BCUT2D eigenvalue weighted by molar-refractivity contribution is 0.0973. The van der Waals surface area contributed by atoms with E-state index < -0.39 is 0 Å². The van der Waals surface area contributed by atoms with Crippen LogP contribution < -0.4 is 10.5 Å². The first-order valence-electron chi connectivity index (χ1n) is 7.26. The van der Waals surface area contributed by atoms with Crippen LogP contribution in [0.2, 0.25) is 5.02 Å². The van der Waals surface area contributed by atoms with Crippen LogP contribution in [0.1, 0.15) is 28.8 Å². The molecule has 116 valence electrons. The second kappa shape index (κ2) is 7.97. The number of methoxy groups -OCH3 is 1. The third kappa shape index (κ3) is 4.58. The van der Waals surface area contributed by atoms with Gasteiger partial charge in [0.1, 0.15) is 5.75 Å². The molecule has 0 amide bonds. The SMILES string of the molecule is COc1cccc(C(=O)CC(N)CCc2ccccc2Cl)c1. The maximum atomic E-state index is 12.2. The minimum absolute atomic E-state index is 0.0329. The van der Waals surface area contributed by atoms with Crippen molar-refractivity contribution < 1.29 is 9.53 Å². The molecule has 0 heterocycles. The van der Waals surface area contributed by atoms with Gasteiger partial charge in [-0.2, -0.15) is 0 Å². The largest absolute Gasteiger partial charge is 0.497 e. The van der Waals surface area contributed by atoms with E-state index in [1.165, 1.54) is 0 Å². The standard InChI is InChI=1S/C18H20ClNO2/c1-22-16-7-4-6-14(11-16)18(21)12-15(20)10-9-13-5-2-3-8-17(13)19/h2-8,11,15H,9-10,12,20H2,1H3. The second-order valence-electron chi connectivity index (χ2n) is 5.25. The molecule has 0 saturated carbocycles. The molecule has 0 aliphatic heterocycles. The van der Waals surface area contributed by atoms with Crippen molar-refractivity contribution >= 4 is 17.4 Å². The maximum Gasteiger partial charge on any atom is 0.164 e. The topological polar surface area (TPSA) is 52.3 Å². The number of aryl methyl sites for hydroxylation is 1. The Balaban J connectivity index is 1.90. The average molecular weight is 318 g/mol. The van der Waals surface area contributed by atoms with Crippen molar-refractivity contribution in [3.8, 4) is 5.75 Å². The molecule has 2 aromatic rings. The van der Waals surface area contributed by atoms with E-state index in [9.17, 15) is 4.79 Å².